The zero-order chi connectivity index (χ0) is 19.4. The summed E-state index contributed by atoms with van der Waals surface area (Å²) in [6.45, 7) is 6.52. The summed E-state index contributed by atoms with van der Waals surface area (Å²) in [7, 11) is 0. The molecule has 0 spiro atoms. The van der Waals surface area contributed by atoms with Crippen molar-refractivity contribution in [1.82, 2.24) is 0 Å². The molecule has 0 saturated carbocycles. The first-order valence-electron chi connectivity index (χ1n) is 9.05. The minimum atomic E-state index is -0.256. The average molecular weight is 368 g/mol. The van der Waals surface area contributed by atoms with Gasteiger partial charge in [0.15, 0.2) is 13.2 Å². The fourth-order valence-corrected chi connectivity index (χ4v) is 2.95. The van der Waals surface area contributed by atoms with Gasteiger partial charge in [-0.1, -0.05) is 19.1 Å². The summed E-state index contributed by atoms with van der Waals surface area (Å²) < 4.78 is 11.2. The van der Waals surface area contributed by atoms with Crippen molar-refractivity contribution < 1.29 is 19.1 Å². The third kappa shape index (κ3) is 4.39. The molecule has 0 atom stereocenters. The van der Waals surface area contributed by atoms with Gasteiger partial charge in [-0.15, -0.1) is 0 Å². The van der Waals surface area contributed by atoms with Gasteiger partial charge in [-0.05, 0) is 49.6 Å². The highest BCUT2D eigenvalue weighted by molar-refractivity contribution is 5.99. The van der Waals surface area contributed by atoms with E-state index in [1.54, 1.807) is 23.1 Å². The molecule has 1 aliphatic rings. The van der Waals surface area contributed by atoms with Crippen LogP contribution in [0, 0.1) is 13.8 Å². The molecule has 3 rings (SSSR count). The Morgan fingerprint density at radius 1 is 1.22 bits per heavy atom. The number of hydrogen-bond donors (Lipinski definition) is 1. The summed E-state index contributed by atoms with van der Waals surface area (Å²) >= 11 is 0. The number of ether oxygens (including phenoxy) is 2. The monoisotopic (exact) mass is 368 g/mol. The molecular formula is C21H24N2O4. The van der Waals surface area contributed by atoms with Crippen molar-refractivity contribution in [2.24, 2.45) is 0 Å². The number of carbonyl (C=O) groups excluding carboxylic acids is 2. The first-order valence-corrected chi connectivity index (χ1v) is 9.05. The molecule has 27 heavy (non-hydrogen) atoms. The van der Waals surface area contributed by atoms with Crippen LogP contribution < -0.4 is 19.7 Å². The van der Waals surface area contributed by atoms with E-state index in [1.165, 1.54) is 0 Å². The molecule has 2 aromatic carbocycles. The second-order valence-corrected chi connectivity index (χ2v) is 6.62. The van der Waals surface area contributed by atoms with Gasteiger partial charge in [-0.3, -0.25) is 9.59 Å². The maximum absolute atomic E-state index is 12.2. The Labute approximate surface area is 159 Å². The Balaban J connectivity index is 1.65. The third-order valence-corrected chi connectivity index (χ3v) is 4.34. The van der Waals surface area contributed by atoms with Gasteiger partial charge in [-0.2, -0.15) is 0 Å². The van der Waals surface area contributed by atoms with Crippen molar-refractivity contribution in [2.75, 3.05) is 30.0 Å². The largest absolute Gasteiger partial charge is 0.483 e. The summed E-state index contributed by atoms with van der Waals surface area (Å²) in [5.41, 5.74) is 3.40. The van der Waals surface area contributed by atoms with Crippen LogP contribution in [0.25, 0.3) is 0 Å². The summed E-state index contributed by atoms with van der Waals surface area (Å²) in [6, 6.07) is 11.2. The number of rotatable bonds is 6. The molecule has 6 heteroatoms. The van der Waals surface area contributed by atoms with Crippen LogP contribution in [0.5, 0.6) is 11.5 Å². The normalized spacial score (nSPS) is 13.0. The van der Waals surface area contributed by atoms with Gasteiger partial charge < -0.3 is 19.7 Å². The van der Waals surface area contributed by atoms with E-state index in [1.807, 2.05) is 39.0 Å². The van der Waals surface area contributed by atoms with E-state index in [4.69, 9.17) is 9.47 Å². The van der Waals surface area contributed by atoms with Crippen molar-refractivity contribution >= 4 is 23.2 Å². The summed E-state index contributed by atoms with van der Waals surface area (Å²) in [6.07, 6.45) is 0.860. The van der Waals surface area contributed by atoms with E-state index in [9.17, 15) is 9.59 Å². The molecular weight excluding hydrogens is 344 g/mol. The van der Waals surface area contributed by atoms with Crippen LogP contribution in [0.1, 0.15) is 24.5 Å². The Morgan fingerprint density at radius 2 is 2.04 bits per heavy atom. The lowest BCUT2D eigenvalue weighted by atomic mass is 10.1. The number of aryl methyl sites for hydroxylation is 2. The third-order valence-electron chi connectivity index (χ3n) is 4.34. The van der Waals surface area contributed by atoms with E-state index in [0.717, 1.165) is 23.2 Å². The molecule has 0 aromatic heterocycles. The van der Waals surface area contributed by atoms with E-state index >= 15 is 0 Å². The van der Waals surface area contributed by atoms with Crippen molar-refractivity contribution in [1.29, 1.82) is 0 Å². The number of benzene rings is 2. The predicted molar refractivity (Wildman–Crippen MR) is 105 cm³/mol. The van der Waals surface area contributed by atoms with Crippen LogP contribution in [0.2, 0.25) is 0 Å². The van der Waals surface area contributed by atoms with Crippen LogP contribution in [0.3, 0.4) is 0 Å². The number of carbonyl (C=O) groups is 2. The van der Waals surface area contributed by atoms with E-state index < -0.39 is 0 Å². The molecule has 0 radical (unpaired) electrons. The number of fused-ring (bicyclic) bond motifs is 1. The van der Waals surface area contributed by atoms with E-state index in [-0.39, 0.29) is 25.0 Å². The number of nitrogens with one attached hydrogen (secondary N) is 1. The highest BCUT2D eigenvalue weighted by Gasteiger charge is 2.25. The molecule has 0 fully saturated rings. The molecule has 2 amide bonds. The SMILES string of the molecule is CCCN1C(=O)COc2cc(NC(=O)COc3cc(C)ccc3C)ccc21. The Bertz CT molecular complexity index is 863. The van der Waals surface area contributed by atoms with Crippen LogP contribution in [-0.2, 0) is 9.59 Å². The first-order chi connectivity index (χ1) is 13.0. The molecule has 1 N–H and O–H groups in total. The van der Waals surface area contributed by atoms with Crippen LogP contribution in [-0.4, -0.2) is 31.6 Å². The van der Waals surface area contributed by atoms with Gasteiger partial charge in [0.1, 0.15) is 11.5 Å². The molecule has 6 nitrogen and oxygen atoms in total. The van der Waals surface area contributed by atoms with Crippen molar-refractivity contribution in [3.63, 3.8) is 0 Å². The lowest BCUT2D eigenvalue weighted by Crippen LogP contribution is -2.39. The summed E-state index contributed by atoms with van der Waals surface area (Å²) in [4.78, 5) is 25.9. The van der Waals surface area contributed by atoms with Gasteiger partial charge in [0.25, 0.3) is 11.8 Å². The van der Waals surface area contributed by atoms with Gasteiger partial charge in [-0.25, -0.2) is 0 Å². The lowest BCUT2D eigenvalue weighted by Gasteiger charge is -2.29. The minimum Gasteiger partial charge on any atom is -0.483 e. The van der Waals surface area contributed by atoms with Crippen LogP contribution in [0.4, 0.5) is 11.4 Å². The Hall–Kier alpha value is -3.02. The maximum atomic E-state index is 12.2. The lowest BCUT2D eigenvalue weighted by molar-refractivity contribution is -0.121. The van der Waals surface area contributed by atoms with Gasteiger partial charge in [0.05, 0.1) is 5.69 Å². The number of amides is 2. The quantitative estimate of drug-likeness (QED) is 0.848. The summed E-state index contributed by atoms with van der Waals surface area (Å²) in [5.74, 6) is 0.986. The highest BCUT2D eigenvalue weighted by atomic mass is 16.5. The van der Waals surface area contributed by atoms with Gasteiger partial charge in [0.2, 0.25) is 0 Å². The molecule has 0 saturated heterocycles. The number of hydrogen-bond acceptors (Lipinski definition) is 4. The average Bonchev–Trinajstić information content (AvgIpc) is 2.65. The molecule has 2 aromatic rings. The van der Waals surface area contributed by atoms with Gasteiger partial charge in [0, 0.05) is 18.3 Å². The summed E-state index contributed by atoms with van der Waals surface area (Å²) in [5, 5.41) is 2.81. The predicted octanol–water partition coefficient (Wildman–Crippen LogP) is 3.46. The molecule has 142 valence electrons. The van der Waals surface area contributed by atoms with E-state index in [2.05, 4.69) is 5.32 Å². The molecule has 1 aliphatic heterocycles. The van der Waals surface area contributed by atoms with Crippen LogP contribution in [0.15, 0.2) is 36.4 Å². The highest BCUT2D eigenvalue weighted by Crippen LogP contribution is 2.34. The fourth-order valence-electron chi connectivity index (χ4n) is 2.95. The Morgan fingerprint density at radius 3 is 2.81 bits per heavy atom. The van der Waals surface area contributed by atoms with Crippen LogP contribution >= 0.6 is 0 Å². The molecule has 0 bridgehead atoms. The maximum Gasteiger partial charge on any atom is 0.265 e. The first kappa shape index (κ1) is 18.8. The zero-order valence-electron chi connectivity index (χ0n) is 15.9. The number of anilines is 2. The smallest absolute Gasteiger partial charge is 0.265 e. The van der Waals surface area contributed by atoms with E-state index in [0.29, 0.717) is 23.7 Å². The molecule has 1 heterocycles. The fraction of sp³-hybridized carbons (Fsp3) is 0.333. The second kappa shape index (κ2) is 8.12. The molecule has 0 aliphatic carbocycles. The van der Waals surface area contributed by atoms with Gasteiger partial charge >= 0.3 is 0 Å². The van der Waals surface area contributed by atoms with Crippen molar-refractivity contribution in [3.05, 3.63) is 47.5 Å². The standard InChI is InChI=1S/C21H24N2O4/c1-4-9-23-17-8-7-16(11-19(17)27-13-21(23)25)22-20(24)12-26-18-10-14(2)5-6-15(18)3/h5-8,10-11H,4,9,12-13H2,1-3H3,(H,22,24). The van der Waals surface area contributed by atoms with Crippen molar-refractivity contribution in [2.45, 2.75) is 27.2 Å². The second-order valence-electron chi connectivity index (χ2n) is 6.62. The zero-order valence-corrected chi connectivity index (χ0v) is 15.9. The minimum absolute atomic E-state index is 0.0140. The number of nitrogens with zero attached hydrogens (tertiary/aromatic N) is 1. The Kier molecular flexibility index (Phi) is 5.64. The topological polar surface area (TPSA) is 67.9 Å². The molecule has 0 unspecified atom stereocenters. The van der Waals surface area contributed by atoms with Crippen molar-refractivity contribution in [3.8, 4) is 11.5 Å².